The van der Waals surface area contributed by atoms with E-state index >= 15 is 0 Å². The molecule has 6 atom stereocenters. The molecule has 4 amide bonds. The van der Waals surface area contributed by atoms with Crippen molar-refractivity contribution in [2.24, 2.45) is 0 Å². The van der Waals surface area contributed by atoms with Crippen LogP contribution < -0.4 is 0 Å². The molecule has 1 fully saturated rings. The van der Waals surface area contributed by atoms with Crippen molar-refractivity contribution in [2.45, 2.75) is 63.7 Å². The molecule has 31 nitrogen and oxygen atoms in total. The summed E-state index contributed by atoms with van der Waals surface area (Å²) >= 11 is 1.32. The number of carbonyl (C=O) groups is 4. The molecule has 2 heterocycles. The first-order chi connectivity index (χ1) is 35.2. The summed E-state index contributed by atoms with van der Waals surface area (Å²) in [7, 11) is -22.9. The summed E-state index contributed by atoms with van der Waals surface area (Å²) < 4.78 is 134. The molecule has 0 bridgehead atoms. The zero-order valence-electron chi connectivity index (χ0n) is 41.9. The average Bonchev–Trinajstić information content (AvgIpc) is 3.78. The number of ether oxygens (including phenoxy) is 5. The maximum atomic E-state index is 12.7. The van der Waals surface area contributed by atoms with Crippen LogP contribution >= 0.6 is 50.9 Å². The minimum Gasteiger partial charge on any atom is -0.377 e. The Hall–Kier alpha value is -1.28. The number of thioether (sulfide) groups is 1. The molecule has 0 aromatic heterocycles. The standard InChI is InChI=1S/C38H71N2O29P5S/c1-38(2,3)69-74(53,54)68-24-22-59-20-18-57-16-14-55-13-15-56-17-19-58-21-23-61-71(47,48)63-27-28-65-73(51,52)67-30-29-66-72(49,50)64-26-25-62-70(45,46)60-12-6-4-5-7-31-75-33-32-36(43)40(37(33)44)11-10-39-34(41)8-9-35(39)42/h8-9,33H,4-7,10-32H2,1-3H3,(H,45,46)(H,47,48)(H,49,50)(H,51,52)(H,53,54). The summed E-state index contributed by atoms with van der Waals surface area (Å²) in [6, 6.07) is 0. The molecular weight excluding hydrogens is 1140 g/mol. The van der Waals surface area contributed by atoms with Gasteiger partial charge in [0.15, 0.2) is 0 Å². The zero-order valence-corrected chi connectivity index (χ0v) is 47.2. The molecule has 0 saturated carbocycles. The van der Waals surface area contributed by atoms with Gasteiger partial charge in [0.1, 0.15) is 0 Å². The van der Waals surface area contributed by atoms with Gasteiger partial charge in [-0.25, -0.2) is 22.8 Å². The highest BCUT2D eigenvalue weighted by molar-refractivity contribution is 8.00. The van der Waals surface area contributed by atoms with E-state index in [0.717, 1.165) is 22.0 Å². The molecule has 6 unspecified atom stereocenters. The van der Waals surface area contributed by atoms with Crippen LogP contribution in [0.4, 0.5) is 0 Å². The number of nitrogens with zero attached hydrogens (tertiary/aromatic N) is 2. The van der Waals surface area contributed by atoms with E-state index in [-0.39, 0.29) is 104 Å². The van der Waals surface area contributed by atoms with Gasteiger partial charge in [-0.05, 0) is 39.4 Å². The van der Waals surface area contributed by atoms with Gasteiger partial charge in [0.2, 0.25) is 11.8 Å². The van der Waals surface area contributed by atoms with E-state index in [1.165, 1.54) is 11.8 Å². The summed E-state index contributed by atoms with van der Waals surface area (Å²) in [6.07, 6.45) is 4.59. The Labute approximate surface area is 438 Å². The molecule has 37 heteroatoms. The van der Waals surface area contributed by atoms with Crippen LogP contribution in [0.15, 0.2) is 12.2 Å². The molecule has 75 heavy (non-hydrogen) atoms. The maximum absolute atomic E-state index is 12.7. The summed E-state index contributed by atoms with van der Waals surface area (Å²) in [4.78, 5) is 99.2. The topological polar surface area (TPSA) is 400 Å². The number of hydrogen-bond donors (Lipinski definition) is 5. The number of hydrogen-bond acceptors (Lipinski definition) is 25. The fourth-order valence-corrected chi connectivity index (χ4v) is 10.7. The van der Waals surface area contributed by atoms with Crippen molar-refractivity contribution in [1.82, 2.24) is 9.80 Å². The number of rotatable bonds is 48. The second kappa shape index (κ2) is 36.9. The quantitative estimate of drug-likeness (QED) is 0.0332. The second-order valence-electron chi connectivity index (χ2n) is 16.1. The number of amides is 4. The average molecular weight is 1210 g/mol. The van der Waals surface area contributed by atoms with Crippen LogP contribution in [0.3, 0.4) is 0 Å². The Morgan fingerprint density at radius 2 is 0.760 bits per heavy atom. The van der Waals surface area contributed by atoms with Crippen LogP contribution in [-0.4, -0.2) is 213 Å². The normalized spacial score (nSPS) is 19.4. The highest BCUT2D eigenvalue weighted by atomic mass is 32.2. The van der Waals surface area contributed by atoms with Crippen LogP contribution in [0.5, 0.6) is 0 Å². The van der Waals surface area contributed by atoms with Gasteiger partial charge in [-0.15, -0.1) is 11.8 Å². The number of phosphoric acid groups is 5. The van der Waals surface area contributed by atoms with Crippen molar-refractivity contribution in [2.75, 3.05) is 144 Å². The van der Waals surface area contributed by atoms with Crippen LogP contribution in [0.1, 0.15) is 52.9 Å². The molecule has 0 radical (unpaired) electrons. The van der Waals surface area contributed by atoms with Gasteiger partial charge >= 0.3 is 39.1 Å². The third-order valence-electron chi connectivity index (χ3n) is 8.88. The zero-order chi connectivity index (χ0) is 55.9. The number of carbonyl (C=O) groups excluding carboxylic acids is 4. The lowest BCUT2D eigenvalue weighted by Crippen LogP contribution is -2.41. The molecule has 2 aliphatic heterocycles. The summed E-state index contributed by atoms with van der Waals surface area (Å²) in [5, 5.41) is -0.564. The lowest BCUT2D eigenvalue weighted by Gasteiger charge is -2.22. The molecule has 0 aromatic rings. The molecule has 0 spiro atoms. The first-order valence-corrected chi connectivity index (χ1v) is 31.8. The van der Waals surface area contributed by atoms with E-state index in [1.807, 2.05) is 0 Å². The van der Waals surface area contributed by atoms with Gasteiger partial charge in [-0.1, -0.05) is 12.8 Å². The lowest BCUT2D eigenvalue weighted by molar-refractivity contribution is -0.142. The Balaban J connectivity index is 1.37. The van der Waals surface area contributed by atoms with E-state index in [2.05, 4.69) is 22.6 Å². The predicted octanol–water partition coefficient (Wildman–Crippen LogP) is 2.88. The van der Waals surface area contributed by atoms with Crippen LogP contribution in [-0.2, 0) is 111 Å². The third-order valence-corrected chi connectivity index (χ3v) is 15.5. The van der Waals surface area contributed by atoms with Gasteiger partial charge in [0.05, 0.1) is 136 Å². The Morgan fingerprint density at radius 3 is 1.13 bits per heavy atom. The Kier molecular flexibility index (Phi) is 34.3. The lowest BCUT2D eigenvalue weighted by atomic mass is 10.2. The molecule has 1 saturated heterocycles. The third kappa shape index (κ3) is 35.2. The molecule has 438 valence electrons. The Bertz CT molecular complexity index is 1980. The van der Waals surface area contributed by atoms with E-state index < -0.39 is 101 Å². The van der Waals surface area contributed by atoms with Gasteiger partial charge in [0, 0.05) is 31.7 Å². The van der Waals surface area contributed by atoms with Crippen molar-refractivity contribution in [3.63, 3.8) is 0 Å². The SMILES string of the molecule is CC(C)(C)OP(=O)(O)OCCOCCOCCOCCOCCOCCOP(=O)(O)OCCOP(=O)(O)OCCOP(=O)(O)OCCOP(=O)(O)OCCCCCCSC1CC(=O)N(CCN2C(=O)C=CC2=O)C1=O. The number of imide groups is 2. The van der Waals surface area contributed by atoms with Crippen molar-refractivity contribution in [1.29, 1.82) is 0 Å². The first-order valence-electron chi connectivity index (χ1n) is 23.3. The van der Waals surface area contributed by atoms with Crippen LogP contribution in [0, 0.1) is 0 Å². The minimum absolute atomic E-state index is 0.0190. The summed E-state index contributed by atoms with van der Waals surface area (Å²) in [5.41, 5.74) is -0.832. The fourth-order valence-electron chi connectivity index (χ4n) is 5.67. The fraction of sp³-hybridized carbons (Fsp3) is 0.842. The van der Waals surface area contributed by atoms with Crippen molar-refractivity contribution < 1.29 is 135 Å². The molecule has 0 aromatic carbocycles. The van der Waals surface area contributed by atoms with E-state index in [4.69, 9.17) is 46.3 Å². The first kappa shape index (κ1) is 69.8. The van der Waals surface area contributed by atoms with Crippen LogP contribution in [0.25, 0.3) is 0 Å². The summed E-state index contributed by atoms with van der Waals surface area (Å²) in [5.74, 6) is -1.18. The molecule has 0 aliphatic carbocycles. The minimum atomic E-state index is -4.79. The van der Waals surface area contributed by atoms with Gasteiger partial charge in [0.25, 0.3) is 11.8 Å². The van der Waals surface area contributed by atoms with Gasteiger partial charge in [-0.2, -0.15) is 0 Å². The van der Waals surface area contributed by atoms with Crippen molar-refractivity contribution in [3.05, 3.63) is 12.2 Å². The maximum Gasteiger partial charge on any atom is 0.472 e. The molecule has 5 N–H and O–H groups in total. The summed E-state index contributed by atoms with van der Waals surface area (Å²) in [6.45, 7) is 1.83. The molecular formula is C38H71N2O29P5S. The highest BCUT2D eigenvalue weighted by Crippen LogP contribution is 2.48. The van der Waals surface area contributed by atoms with E-state index in [9.17, 15) is 66.5 Å². The number of likely N-dealkylation sites (tertiary alicyclic amines) is 1. The number of phosphoric ester groups is 5. The van der Waals surface area contributed by atoms with Gasteiger partial charge < -0.3 is 48.2 Å². The van der Waals surface area contributed by atoms with Crippen LogP contribution in [0.2, 0.25) is 0 Å². The largest absolute Gasteiger partial charge is 0.472 e. The monoisotopic (exact) mass is 1210 g/mol. The second-order valence-corrected chi connectivity index (χ2v) is 24.6. The molecule has 2 rings (SSSR count). The Morgan fingerprint density at radius 1 is 0.453 bits per heavy atom. The smallest absolute Gasteiger partial charge is 0.377 e. The predicted molar refractivity (Wildman–Crippen MR) is 260 cm³/mol. The van der Waals surface area contributed by atoms with E-state index in [0.29, 0.717) is 44.6 Å². The van der Waals surface area contributed by atoms with Crippen molar-refractivity contribution in [3.8, 4) is 0 Å². The van der Waals surface area contributed by atoms with E-state index in [1.54, 1.807) is 20.8 Å². The van der Waals surface area contributed by atoms with Gasteiger partial charge in [-0.3, -0.25) is 74.2 Å². The highest BCUT2D eigenvalue weighted by Gasteiger charge is 2.39. The van der Waals surface area contributed by atoms with Crippen molar-refractivity contribution >= 4 is 74.5 Å². The molecule has 2 aliphatic rings. The number of unbranched alkanes of at least 4 members (excludes halogenated alkanes) is 3.